The molecule has 1 aliphatic carbocycles. The fourth-order valence-electron chi connectivity index (χ4n) is 2.45. The lowest BCUT2D eigenvalue weighted by molar-refractivity contribution is 0.0861. The molecule has 0 aliphatic heterocycles. The average molecular weight is 170 g/mol. The SMILES string of the molecule is CN(C)C(C1CCC1)C(C)(C)N. The second-order valence-corrected chi connectivity index (χ2v) is 4.92. The summed E-state index contributed by atoms with van der Waals surface area (Å²) in [6.45, 7) is 4.27. The quantitative estimate of drug-likeness (QED) is 0.694. The van der Waals surface area contributed by atoms with Gasteiger partial charge in [-0.05, 0) is 46.7 Å². The Kier molecular flexibility index (Phi) is 2.79. The van der Waals surface area contributed by atoms with Crippen molar-refractivity contribution >= 4 is 0 Å². The molecule has 0 saturated heterocycles. The lowest BCUT2D eigenvalue weighted by Gasteiger charge is -2.45. The van der Waals surface area contributed by atoms with Crippen molar-refractivity contribution in [3.05, 3.63) is 0 Å². The Bertz CT molecular complexity index is 142. The number of rotatable bonds is 3. The molecule has 12 heavy (non-hydrogen) atoms. The minimum absolute atomic E-state index is 0.0609. The highest BCUT2D eigenvalue weighted by Gasteiger charge is 2.37. The van der Waals surface area contributed by atoms with Crippen LogP contribution in [0.1, 0.15) is 33.1 Å². The van der Waals surface area contributed by atoms with Crippen molar-refractivity contribution in [2.24, 2.45) is 11.7 Å². The molecule has 0 spiro atoms. The Hall–Kier alpha value is -0.0800. The molecule has 1 fully saturated rings. The summed E-state index contributed by atoms with van der Waals surface area (Å²) < 4.78 is 0. The maximum Gasteiger partial charge on any atom is 0.0292 e. The van der Waals surface area contributed by atoms with Gasteiger partial charge in [0.1, 0.15) is 0 Å². The topological polar surface area (TPSA) is 29.3 Å². The smallest absolute Gasteiger partial charge is 0.0292 e. The molecule has 0 aromatic carbocycles. The van der Waals surface area contributed by atoms with Crippen molar-refractivity contribution in [3.8, 4) is 0 Å². The van der Waals surface area contributed by atoms with E-state index in [1.54, 1.807) is 0 Å². The lowest BCUT2D eigenvalue weighted by atomic mass is 9.72. The zero-order chi connectivity index (χ0) is 9.35. The third kappa shape index (κ3) is 1.99. The van der Waals surface area contributed by atoms with E-state index in [2.05, 4.69) is 32.8 Å². The van der Waals surface area contributed by atoms with Crippen molar-refractivity contribution in [1.82, 2.24) is 4.90 Å². The first-order valence-electron chi connectivity index (χ1n) is 4.88. The minimum atomic E-state index is -0.0609. The van der Waals surface area contributed by atoms with Crippen molar-refractivity contribution in [2.75, 3.05) is 14.1 Å². The largest absolute Gasteiger partial charge is 0.324 e. The minimum Gasteiger partial charge on any atom is -0.324 e. The van der Waals surface area contributed by atoms with Gasteiger partial charge in [-0.2, -0.15) is 0 Å². The van der Waals surface area contributed by atoms with Gasteiger partial charge in [-0.15, -0.1) is 0 Å². The van der Waals surface area contributed by atoms with E-state index in [1.807, 2.05) is 0 Å². The third-order valence-electron chi connectivity index (χ3n) is 2.91. The fraction of sp³-hybridized carbons (Fsp3) is 1.00. The van der Waals surface area contributed by atoms with E-state index in [0.29, 0.717) is 6.04 Å². The molecule has 1 saturated carbocycles. The van der Waals surface area contributed by atoms with E-state index >= 15 is 0 Å². The molecule has 2 nitrogen and oxygen atoms in total. The average Bonchev–Trinajstić information content (AvgIpc) is 1.73. The summed E-state index contributed by atoms with van der Waals surface area (Å²) in [6, 6.07) is 0.547. The Morgan fingerprint density at radius 2 is 1.83 bits per heavy atom. The van der Waals surface area contributed by atoms with Gasteiger partial charge in [-0.1, -0.05) is 6.42 Å². The second-order valence-electron chi connectivity index (χ2n) is 4.92. The number of nitrogens with two attached hydrogens (primary N) is 1. The van der Waals surface area contributed by atoms with E-state index < -0.39 is 0 Å². The van der Waals surface area contributed by atoms with Crippen LogP contribution in [0.4, 0.5) is 0 Å². The van der Waals surface area contributed by atoms with E-state index in [4.69, 9.17) is 5.73 Å². The van der Waals surface area contributed by atoms with Gasteiger partial charge in [-0.3, -0.25) is 0 Å². The standard InChI is InChI=1S/C10H22N2/c1-10(2,11)9(12(3)4)8-6-5-7-8/h8-9H,5-7,11H2,1-4H3. The molecule has 1 atom stereocenters. The Labute approximate surface area is 76.1 Å². The molecule has 1 unspecified atom stereocenters. The van der Waals surface area contributed by atoms with Crippen molar-refractivity contribution in [1.29, 1.82) is 0 Å². The molecule has 0 amide bonds. The number of nitrogens with zero attached hydrogens (tertiary/aromatic N) is 1. The zero-order valence-corrected chi connectivity index (χ0v) is 8.80. The van der Waals surface area contributed by atoms with Gasteiger partial charge in [-0.25, -0.2) is 0 Å². The molecular formula is C10H22N2. The molecule has 0 radical (unpaired) electrons. The molecule has 2 heteroatoms. The molecule has 0 aromatic rings. The van der Waals surface area contributed by atoms with Gasteiger partial charge in [0.05, 0.1) is 0 Å². The summed E-state index contributed by atoms with van der Waals surface area (Å²) in [5, 5.41) is 0. The van der Waals surface area contributed by atoms with Gasteiger partial charge in [0.25, 0.3) is 0 Å². The predicted octanol–water partition coefficient (Wildman–Crippen LogP) is 1.45. The molecule has 1 rings (SSSR count). The second kappa shape index (κ2) is 3.35. The Morgan fingerprint density at radius 1 is 1.33 bits per heavy atom. The van der Waals surface area contributed by atoms with Gasteiger partial charge in [0.2, 0.25) is 0 Å². The first-order valence-corrected chi connectivity index (χ1v) is 4.88. The fourth-order valence-corrected chi connectivity index (χ4v) is 2.45. The van der Waals surface area contributed by atoms with Crippen molar-refractivity contribution in [3.63, 3.8) is 0 Å². The molecule has 0 heterocycles. The molecular weight excluding hydrogens is 148 g/mol. The maximum absolute atomic E-state index is 6.15. The highest BCUT2D eigenvalue weighted by molar-refractivity contribution is 4.95. The Balaban J connectivity index is 2.60. The van der Waals surface area contributed by atoms with Crippen molar-refractivity contribution < 1.29 is 0 Å². The lowest BCUT2D eigenvalue weighted by Crippen LogP contribution is -2.57. The highest BCUT2D eigenvalue weighted by atomic mass is 15.1. The summed E-state index contributed by atoms with van der Waals surface area (Å²) >= 11 is 0. The molecule has 1 aliphatic rings. The molecule has 0 bridgehead atoms. The van der Waals surface area contributed by atoms with Gasteiger partial charge >= 0.3 is 0 Å². The van der Waals surface area contributed by atoms with E-state index in [0.717, 1.165) is 5.92 Å². The summed E-state index contributed by atoms with van der Waals surface area (Å²) in [4.78, 5) is 2.28. The number of likely N-dealkylation sites (N-methyl/N-ethyl adjacent to an activating group) is 1. The number of hydrogen-bond donors (Lipinski definition) is 1. The monoisotopic (exact) mass is 170 g/mol. The van der Waals surface area contributed by atoms with Gasteiger partial charge in [0, 0.05) is 11.6 Å². The van der Waals surface area contributed by atoms with Gasteiger partial charge < -0.3 is 10.6 Å². The predicted molar refractivity (Wildman–Crippen MR) is 53.1 cm³/mol. The van der Waals surface area contributed by atoms with Crippen molar-refractivity contribution in [2.45, 2.75) is 44.7 Å². The number of hydrogen-bond acceptors (Lipinski definition) is 2. The normalized spacial score (nSPS) is 22.5. The van der Waals surface area contributed by atoms with Crippen LogP contribution in [0.25, 0.3) is 0 Å². The van der Waals surface area contributed by atoms with Crippen LogP contribution in [0, 0.1) is 5.92 Å². The van der Waals surface area contributed by atoms with E-state index in [1.165, 1.54) is 19.3 Å². The maximum atomic E-state index is 6.15. The van der Waals surface area contributed by atoms with Crippen LogP contribution in [-0.2, 0) is 0 Å². The molecule has 72 valence electrons. The highest BCUT2D eigenvalue weighted by Crippen LogP contribution is 2.35. The molecule has 0 aromatic heterocycles. The van der Waals surface area contributed by atoms with Crippen LogP contribution >= 0.6 is 0 Å². The summed E-state index contributed by atoms with van der Waals surface area (Å²) in [5.41, 5.74) is 6.09. The summed E-state index contributed by atoms with van der Waals surface area (Å²) in [7, 11) is 4.27. The van der Waals surface area contributed by atoms with Crippen LogP contribution in [-0.4, -0.2) is 30.6 Å². The summed E-state index contributed by atoms with van der Waals surface area (Å²) in [6.07, 6.45) is 4.12. The summed E-state index contributed by atoms with van der Waals surface area (Å²) in [5.74, 6) is 0.833. The molecule has 2 N–H and O–H groups in total. The van der Waals surface area contributed by atoms with Gasteiger partial charge in [0.15, 0.2) is 0 Å². The van der Waals surface area contributed by atoms with Crippen LogP contribution < -0.4 is 5.73 Å². The first-order chi connectivity index (χ1) is 5.43. The zero-order valence-electron chi connectivity index (χ0n) is 8.80. The van der Waals surface area contributed by atoms with E-state index in [9.17, 15) is 0 Å². The van der Waals surface area contributed by atoms with Crippen LogP contribution in [0.15, 0.2) is 0 Å². The van der Waals surface area contributed by atoms with Crippen LogP contribution in [0.5, 0.6) is 0 Å². The van der Waals surface area contributed by atoms with E-state index in [-0.39, 0.29) is 5.54 Å². The van der Waals surface area contributed by atoms with Crippen LogP contribution in [0.3, 0.4) is 0 Å². The first kappa shape index (κ1) is 10.0. The third-order valence-corrected chi connectivity index (χ3v) is 2.91. The Morgan fingerprint density at radius 3 is 1.92 bits per heavy atom. The van der Waals surface area contributed by atoms with Crippen LogP contribution in [0.2, 0.25) is 0 Å².